The smallest absolute Gasteiger partial charge is 0.325 e. The summed E-state index contributed by atoms with van der Waals surface area (Å²) in [5, 5.41) is 3.03. The Morgan fingerprint density at radius 1 is 1.04 bits per heavy atom. The predicted octanol–water partition coefficient (Wildman–Crippen LogP) is 1.96. The molecule has 156 valence electrons. The molecule has 0 aromatic heterocycles. The van der Waals surface area contributed by atoms with Gasteiger partial charge in [-0.2, -0.15) is 0 Å². The van der Waals surface area contributed by atoms with Crippen LogP contribution in [0.1, 0.15) is 64.7 Å². The minimum Gasteiger partial charge on any atom is -0.340 e. The van der Waals surface area contributed by atoms with Gasteiger partial charge in [0, 0.05) is 32.1 Å². The Morgan fingerprint density at radius 2 is 1.75 bits per heavy atom. The summed E-state index contributed by atoms with van der Waals surface area (Å²) in [4.78, 5) is 44.7. The van der Waals surface area contributed by atoms with Gasteiger partial charge in [-0.15, -0.1) is 0 Å². The average Bonchev–Trinajstić information content (AvgIpc) is 2.98. The first-order valence-corrected chi connectivity index (χ1v) is 11.2. The molecule has 4 fully saturated rings. The lowest BCUT2D eigenvalue weighted by Crippen LogP contribution is -2.56. The number of imide groups is 1. The van der Waals surface area contributed by atoms with Gasteiger partial charge in [0.05, 0.1) is 6.04 Å². The number of carbonyl (C=O) groups is 3. The molecular weight excluding hydrogens is 356 g/mol. The number of hydrogen-bond donors (Lipinski definition) is 1. The van der Waals surface area contributed by atoms with Crippen LogP contribution < -0.4 is 5.32 Å². The molecular formula is C21H34N4O3. The summed E-state index contributed by atoms with van der Waals surface area (Å²) >= 11 is 0. The van der Waals surface area contributed by atoms with Crippen LogP contribution in [0, 0.1) is 5.92 Å². The molecule has 1 spiro atoms. The normalized spacial score (nSPS) is 29.4. The van der Waals surface area contributed by atoms with Crippen molar-refractivity contribution in [3.8, 4) is 0 Å². The maximum absolute atomic E-state index is 13.3. The maximum atomic E-state index is 13.3. The average molecular weight is 391 g/mol. The van der Waals surface area contributed by atoms with Gasteiger partial charge in [0.1, 0.15) is 5.54 Å². The number of nitrogens with zero attached hydrogens (tertiary/aromatic N) is 3. The van der Waals surface area contributed by atoms with Gasteiger partial charge in [0.2, 0.25) is 5.91 Å². The Balaban J connectivity index is 1.42. The third-order valence-corrected chi connectivity index (χ3v) is 7.38. The van der Waals surface area contributed by atoms with Crippen molar-refractivity contribution in [2.24, 2.45) is 5.92 Å². The van der Waals surface area contributed by atoms with Gasteiger partial charge in [-0.05, 0) is 45.1 Å². The topological polar surface area (TPSA) is 73.0 Å². The highest BCUT2D eigenvalue weighted by atomic mass is 16.2. The van der Waals surface area contributed by atoms with Crippen molar-refractivity contribution in [1.29, 1.82) is 0 Å². The van der Waals surface area contributed by atoms with Gasteiger partial charge >= 0.3 is 6.03 Å². The highest BCUT2D eigenvalue weighted by Gasteiger charge is 2.54. The van der Waals surface area contributed by atoms with Gasteiger partial charge in [-0.25, -0.2) is 4.79 Å². The molecule has 4 amide bonds. The van der Waals surface area contributed by atoms with Crippen LogP contribution in [-0.4, -0.2) is 76.8 Å². The minimum atomic E-state index is -0.724. The van der Waals surface area contributed by atoms with E-state index in [0.717, 1.165) is 64.7 Å². The van der Waals surface area contributed by atoms with Gasteiger partial charge in [0.15, 0.2) is 0 Å². The third kappa shape index (κ3) is 3.53. The Bertz CT molecular complexity index is 623. The molecule has 3 heterocycles. The van der Waals surface area contributed by atoms with E-state index in [1.54, 1.807) is 0 Å². The predicted molar refractivity (Wildman–Crippen MR) is 106 cm³/mol. The number of urea groups is 1. The van der Waals surface area contributed by atoms with Crippen LogP contribution in [0.25, 0.3) is 0 Å². The Hall–Kier alpha value is -1.63. The molecule has 1 N–H and O–H groups in total. The number of piperidine rings is 2. The molecule has 3 saturated heterocycles. The second-order valence-corrected chi connectivity index (χ2v) is 9.04. The number of nitrogens with one attached hydrogen (secondary N) is 1. The van der Waals surface area contributed by atoms with E-state index in [9.17, 15) is 14.4 Å². The van der Waals surface area contributed by atoms with Crippen molar-refractivity contribution in [2.45, 2.75) is 76.3 Å². The van der Waals surface area contributed by atoms with E-state index in [1.165, 1.54) is 11.3 Å². The highest BCUT2D eigenvalue weighted by Crippen LogP contribution is 2.33. The molecule has 1 atom stereocenters. The molecule has 28 heavy (non-hydrogen) atoms. The molecule has 3 aliphatic heterocycles. The molecule has 7 nitrogen and oxygen atoms in total. The number of likely N-dealkylation sites (tertiary alicyclic amines) is 2. The lowest BCUT2D eigenvalue weighted by Gasteiger charge is -2.39. The van der Waals surface area contributed by atoms with E-state index >= 15 is 0 Å². The van der Waals surface area contributed by atoms with Crippen LogP contribution >= 0.6 is 0 Å². The van der Waals surface area contributed by atoms with E-state index in [1.807, 2.05) is 4.90 Å². The molecule has 0 bridgehead atoms. The minimum absolute atomic E-state index is 0.0646. The summed E-state index contributed by atoms with van der Waals surface area (Å²) in [7, 11) is 0. The second kappa shape index (κ2) is 8.01. The van der Waals surface area contributed by atoms with Crippen LogP contribution in [0.15, 0.2) is 0 Å². The zero-order valence-corrected chi connectivity index (χ0v) is 17.1. The quantitative estimate of drug-likeness (QED) is 0.748. The van der Waals surface area contributed by atoms with E-state index in [-0.39, 0.29) is 29.8 Å². The summed E-state index contributed by atoms with van der Waals surface area (Å²) < 4.78 is 0. The molecule has 4 rings (SSSR count). The lowest BCUT2D eigenvalue weighted by molar-refractivity contribution is -0.142. The van der Waals surface area contributed by atoms with Crippen LogP contribution in [0.3, 0.4) is 0 Å². The molecule has 1 aliphatic carbocycles. The summed E-state index contributed by atoms with van der Waals surface area (Å²) in [5.41, 5.74) is -0.724. The largest absolute Gasteiger partial charge is 0.340 e. The molecule has 1 saturated carbocycles. The fraction of sp³-hybridized carbons (Fsp3) is 0.857. The van der Waals surface area contributed by atoms with Gasteiger partial charge in [-0.1, -0.05) is 26.2 Å². The fourth-order valence-electron chi connectivity index (χ4n) is 5.54. The molecule has 4 aliphatic rings. The van der Waals surface area contributed by atoms with E-state index in [0.29, 0.717) is 19.4 Å². The fourth-order valence-corrected chi connectivity index (χ4v) is 5.54. The van der Waals surface area contributed by atoms with Crippen LogP contribution in [0.5, 0.6) is 0 Å². The van der Waals surface area contributed by atoms with Crippen molar-refractivity contribution in [3.63, 3.8) is 0 Å². The van der Waals surface area contributed by atoms with Crippen molar-refractivity contribution >= 4 is 17.8 Å². The zero-order valence-electron chi connectivity index (χ0n) is 17.1. The molecule has 7 heteroatoms. The zero-order chi connectivity index (χ0) is 19.7. The molecule has 0 radical (unpaired) electrons. The van der Waals surface area contributed by atoms with Crippen LogP contribution in [-0.2, 0) is 9.59 Å². The SMILES string of the molecule is CCN1CCC2(CC1)NC(=O)N([C@H]1CCCN(C(=O)C3CCCCC3)C1)C2=O. The van der Waals surface area contributed by atoms with Crippen LogP contribution in [0.2, 0.25) is 0 Å². The first-order chi connectivity index (χ1) is 13.5. The number of hydrogen-bond acceptors (Lipinski definition) is 4. The molecule has 0 aromatic rings. The monoisotopic (exact) mass is 390 g/mol. The van der Waals surface area contributed by atoms with Crippen LogP contribution in [0.4, 0.5) is 4.79 Å². The first kappa shape index (κ1) is 19.7. The summed E-state index contributed by atoms with van der Waals surface area (Å²) in [6.45, 7) is 6.04. The highest BCUT2D eigenvalue weighted by molar-refractivity contribution is 6.07. The first-order valence-electron chi connectivity index (χ1n) is 11.2. The third-order valence-electron chi connectivity index (χ3n) is 7.38. The Morgan fingerprint density at radius 3 is 2.43 bits per heavy atom. The van der Waals surface area contributed by atoms with Crippen molar-refractivity contribution in [1.82, 2.24) is 20.0 Å². The Labute approximate surface area is 167 Å². The number of carbonyl (C=O) groups excluding carboxylic acids is 3. The lowest BCUT2D eigenvalue weighted by atomic mass is 9.86. The number of amides is 4. The summed E-state index contributed by atoms with van der Waals surface area (Å²) in [6.07, 6.45) is 8.49. The Kier molecular flexibility index (Phi) is 5.63. The van der Waals surface area contributed by atoms with E-state index in [2.05, 4.69) is 17.1 Å². The summed E-state index contributed by atoms with van der Waals surface area (Å²) in [5.74, 6) is 0.313. The van der Waals surface area contributed by atoms with Crippen molar-refractivity contribution < 1.29 is 14.4 Å². The second-order valence-electron chi connectivity index (χ2n) is 9.04. The van der Waals surface area contributed by atoms with Crippen molar-refractivity contribution in [2.75, 3.05) is 32.7 Å². The van der Waals surface area contributed by atoms with Gasteiger partial charge in [0.25, 0.3) is 5.91 Å². The van der Waals surface area contributed by atoms with Gasteiger partial charge in [-0.3, -0.25) is 14.5 Å². The molecule has 0 unspecified atom stereocenters. The standard InChI is InChI=1S/C21H34N4O3/c1-2-23-13-10-21(11-14-23)19(27)25(20(28)22-21)17-9-6-12-24(15-17)18(26)16-7-4-3-5-8-16/h16-17H,2-15H2,1H3,(H,22,28)/t17-/m0/s1. The summed E-state index contributed by atoms with van der Waals surface area (Å²) in [6, 6.07) is -0.440. The maximum Gasteiger partial charge on any atom is 0.325 e. The van der Waals surface area contributed by atoms with E-state index < -0.39 is 5.54 Å². The van der Waals surface area contributed by atoms with E-state index in [4.69, 9.17) is 0 Å². The molecule has 0 aromatic carbocycles. The number of rotatable bonds is 3. The van der Waals surface area contributed by atoms with Crippen molar-refractivity contribution in [3.05, 3.63) is 0 Å². The van der Waals surface area contributed by atoms with Gasteiger partial charge < -0.3 is 15.1 Å².